The molecule has 26 heavy (non-hydrogen) atoms. The molecule has 2 heterocycles. The van der Waals surface area contributed by atoms with E-state index in [1.54, 1.807) is 6.92 Å². The van der Waals surface area contributed by atoms with Crippen LogP contribution in [-0.2, 0) is 11.2 Å². The number of nitrogens with two attached hydrogens (primary N) is 1. The number of aromatic carboxylic acids is 1. The first-order valence-corrected chi connectivity index (χ1v) is 8.74. The van der Waals surface area contributed by atoms with Gasteiger partial charge in [-0.05, 0) is 25.0 Å². The zero-order valence-corrected chi connectivity index (χ0v) is 15.0. The minimum absolute atomic E-state index is 0.0692. The number of primary amides is 1. The molecule has 1 aromatic carbocycles. The molecule has 134 valence electrons. The molecule has 1 atom stereocenters. The van der Waals surface area contributed by atoms with Gasteiger partial charge < -0.3 is 10.8 Å². The first kappa shape index (κ1) is 17.8. The summed E-state index contributed by atoms with van der Waals surface area (Å²) in [5, 5.41) is 9.55. The van der Waals surface area contributed by atoms with Crippen LogP contribution in [0.1, 0.15) is 39.6 Å². The van der Waals surface area contributed by atoms with Crippen molar-refractivity contribution in [2.24, 2.45) is 5.73 Å². The van der Waals surface area contributed by atoms with Gasteiger partial charge in [-0.25, -0.2) is 9.78 Å². The maximum absolute atomic E-state index is 13.1. The fraction of sp³-hybridized carbons (Fsp3) is 0.222. The fourth-order valence-electron chi connectivity index (χ4n) is 2.87. The number of aryl methyl sites for hydroxylation is 1. The molecule has 0 aliphatic rings. The topological polar surface area (TPSA) is 115 Å². The average molecular weight is 371 g/mol. The number of amides is 1. The third kappa shape index (κ3) is 2.99. The van der Waals surface area contributed by atoms with Crippen molar-refractivity contribution in [3.05, 3.63) is 62.5 Å². The highest BCUT2D eigenvalue weighted by Gasteiger charge is 2.24. The van der Waals surface area contributed by atoms with Gasteiger partial charge in [0.05, 0.1) is 5.39 Å². The van der Waals surface area contributed by atoms with E-state index in [4.69, 9.17) is 5.73 Å². The Kier molecular flexibility index (Phi) is 4.60. The van der Waals surface area contributed by atoms with Crippen LogP contribution in [0.2, 0.25) is 0 Å². The van der Waals surface area contributed by atoms with Crippen LogP contribution < -0.4 is 11.3 Å². The largest absolute Gasteiger partial charge is 0.477 e. The van der Waals surface area contributed by atoms with Crippen molar-refractivity contribution in [3.63, 3.8) is 0 Å². The van der Waals surface area contributed by atoms with Gasteiger partial charge in [-0.3, -0.25) is 14.2 Å². The van der Waals surface area contributed by atoms with Gasteiger partial charge in [0.1, 0.15) is 21.6 Å². The molecule has 1 unspecified atom stereocenters. The number of hydrogen-bond acceptors (Lipinski definition) is 5. The van der Waals surface area contributed by atoms with E-state index >= 15 is 0 Å². The number of carboxylic acid groups (broad SMARTS) is 1. The minimum Gasteiger partial charge on any atom is -0.477 e. The number of benzene rings is 1. The predicted molar refractivity (Wildman–Crippen MR) is 98.7 cm³/mol. The van der Waals surface area contributed by atoms with Gasteiger partial charge in [-0.1, -0.05) is 30.3 Å². The summed E-state index contributed by atoms with van der Waals surface area (Å²) in [6.45, 7) is 3.10. The lowest BCUT2D eigenvalue weighted by atomic mass is 10.1. The normalized spacial score (nSPS) is 12.2. The highest BCUT2D eigenvalue weighted by molar-refractivity contribution is 7.20. The van der Waals surface area contributed by atoms with Gasteiger partial charge in [-0.2, -0.15) is 0 Å². The lowest BCUT2D eigenvalue weighted by molar-refractivity contribution is -0.120. The maximum Gasteiger partial charge on any atom is 0.346 e. The molecule has 7 nitrogen and oxygen atoms in total. The van der Waals surface area contributed by atoms with Crippen molar-refractivity contribution in [1.82, 2.24) is 9.55 Å². The molecule has 0 radical (unpaired) electrons. The number of fused-ring (bicyclic) bond motifs is 1. The van der Waals surface area contributed by atoms with E-state index in [2.05, 4.69) is 4.98 Å². The number of rotatable bonds is 5. The lowest BCUT2D eigenvalue weighted by Crippen LogP contribution is -2.35. The quantitative estimate of drug-likeness (QED) is 0.713. The van der Waals surface area contributed by atoms with Crippen molar-refractivity contribution in [2.45, 2.75) is 26.3 Å². The molecule has 0 bridgehead atoms. The maximum atomic E-state index is 13.1. The Bertz CT molecular complexity index is 1070. The van der Waals surface area contributed by atoms with Crippen LogP contribution in [-0.4, -0.2) is 26.5 Å². The molecule has 0 fully saturated rings. The Hall–Kier alpha value is -3.00. The number of aromatic nitrogens is 2. The summed E-state index contributed by atoms with van der Waals surface area (Å²) in [5.74, 6) is -1.39. The Morgan fingerprint density at radius 3 is 2.54 bits per heavy atom. The second-order valence-electron chi connectivity index (χ2n) is 5.99. The molecule has 0 saturated carbocycles. The van der Waals surface area contributed by atoms with Crippen LogP contribution in [0.15, 0.2) is 35.1 Å². The number of hydrogen-bond donors (Lipinski definition) is 2. The van der Waals surface area contributed by atoms with E-state index in [0.717, 1.165) is 16.9 Å². The van der Waals surface area contributed by atoms with Gasteiger partial charge in [-0.15, -0.1) is 11.3 Å². The molecule has 2 aromatic heterocycles. The molecule has 0 aliphatic heterocycles. The Morgan fingerprint density at radius 2 is 1.96 bits per heavy atom. The number of carbonyl (C=O) groups is 2. The number of nitrogens with zero attached hydrogens (tertiary/aromatic N) is 2. The summed E-state index contributed by atoms with van der Waals surface area (Å²) in [6.07, 6.45) is 0.322. The predicted octanol–water partition coefficient (Wildman–Crippen LogP) is 2.10. The SMILES string of the molecule is Cc1c(C(=O)O)sc2nc(Cc3ccccc3)n(C(C)C(N)=O)c(=O)c12. The van der Waals surface area contributed by atoms with Gasteiger partial charge in [0.2, 0.25) is 5.91 Å². The first-order chi connectivity index (χ1) is 12.3. The van der Waals surface area contributed by atoms with Crippen LogP contribution >= 0.6 is 11.3 Å². The molecule has 8 heteroatoms. The number of thiophene rings is 1. The Labute approximate surface area is 152 Å². The van der Waals surface area contributed by atoms with E-state index in [9.17, 15) is 19.5 Å². The third-order valence-electron chi connectivity index (χ3n) is 4.27. The molecule has 3 N–H and O–H groups in total. The van der Waals surface area contributed by atoms with Crippen molar-refractivity contribution in [2.75, 3.05) is 0 Å². The van der Waals surface area contributed by atoms with E-state index in [0.29, 0.717) is 22.6 Å². The molecule has 0 aliphatic carbocycles. The van der Waals surface area contributed by atoms with Crippen molar-refractivity contribution in [1.29, 1.82) is 0 Å². The second-order valence-corrected chi connectivity index (χ2v) is 6.98. The number of carboxylic acids is 1. The Morgan fingerprint density at radius 1 is 1.31 bits per heavy atom. The summed E-state index contributed by atoms with van der Waals surface area (Å²) in [6, 6.07) is 8.49. The standard InChI is InChI=1S/C18H17N3O4S/c1-9-13-16(26-14(9)18(24)25)20-12(8-11-6-4-3-5-7-11)21(17(13)23)10(2)15(19)22/h3-7,10H,8H2,1-2H3,(H2,19,22)(H,24,25). The molecule has 1 amide bonds. The lowest BCUT2D eigenvalue weighted by Gasteiger charge is -2.17. The van der Waals surface area contributed by atoms with E-state index in [-0.39, 0.29) is 10.3 Å². The van der Waals surface area contributed by atoms with Crippen molar-refractivity contribution < 1.29 is 14.7 Å². The first-order valence-electron chi connectivity index (χ1n) is 7.92. The zero-order chi connectivity index (χ0) is 19.0. The van der Waals surface area contributed by atoms with Crippen LogP contribution in [0.4, 0.5) is 0 Å². The van der Waals surface area contributed by atoms with Crippen molar-refractivity contribution in [3.8, 4) is 0 Å². The number of carbonyl (C=O) groups excluding carboxylic acids is 1. The Balaban J connectivity index is 2.31. The average Bonchev–Trinajstić information content (AvgIpc) is 2.92. The van der Waals surface area contributed by atoms with Crippen LogP contribution in [0.5, 0.6) is 0 Å². The van der Waals surface area contributed by atoms with Crippen LogP contribution in [0.25, 0.3) is 10.2 Å². The zero-order valence-electron chi connectivity index (χ0n) is 14.2. The fourth-order valence-corrected chi connectivity index (χ4v) is 3.90. The van der Waals surface area contributed by atoms with E-state index < -0.39 is 23.5 Å². The molecule has 0 spiro atoms. The monoisotopic (exact) mass is 371 g/mol. The molecule has 3 rings (SSSR count). The minimum atomic E-state index is -1.11. The van der Waals surface area contributed by atoms with Gasteiger partial charge in [0, 0.05) is 6.42 Å². The summed E-state index contributed by atoms with van der Waals surface area (Å²) in [5.41, 5.74) is 6.23. The van der Waals surface area contributed by atoms with Crippen molar-refractivity contribution >= 4 is 33.4 Å². The van der Waals surface area contributed by atoms with Crippen LogP contribution in [0, 0.1) is 6.92 Å². The van der Waals surface area contributed by atoms with Crippen LogP contribution in [0.3, 0.4) is 0 Å². The smallest absolute Gasteiger partial charge is 0.346 e. The summed E-state index contributed by atoms with van der Waals surface area (Å²) in [7, 11) is 0. The molecular formula is C18H17N3O4S. The highest BCUT2D eigenvalue weighted by atomic mass is 32.1. The van der Waals surface area contributed by atoms with E-state index in [1.165, 1.54) is 11.5 Å². The summed E-state index contributed by atoms with van der Waals surface area (Å²) >= 11 is 0.960. The second kappa shape index (κ2) is 6.72. The summed E-state index contributed by atoms with van der Waals surface area (Å²) < 4.78 is 1.27. The van der Waals surface area contributed by atoms with Gasteiger partial charge in [0.25, 0.3) is 5.56 Å². The molecule has 0 saturated heterocycles. The van der Waals surface area contributed by atoms with E-state index in [1.807, 2.05) is 30.3 Å². The highest BCUT2D eigenvalue weighted by Crippen LogP contribution is 2.28. The summed E-state index contributed by atoms with van der Waals surface area (Å²) in [4.78, 5) is 41.1. The molecule has 3 aromatic rings. The third-order valence-corrected chi connectivity index (χ3v) is 5.44. The van der Waals surface area contributed by atoms with Gasteiger partial charge in [0.15, 0.2) is 0 Å². The van der Waals surface area contributed by atoms with Gasteiger partial charge >= 0.3 is 5.97 Å². The molecular weight excluding hydrogens is 354 g/mol.